The molecule has 1 aliphatic rings. The van der Waals surface area contributed by atoms with Crippen LogP contribution < -0.4 is 15.4 Å². The second kappa shape index (κ2) is 15.3. The van der Waals surface area contributed by atoms with Crippen molar-refractivity contribution in [1.29, 1.82) is 0 Å². The van der Waals surface area contributed by atoms with E-state index < -0.39 is 78.6 Å². The van der Waals surface area contributed by atoms with Crippen LogP contribution in [0.5, 0.6) is 5.75 Å². The van der Waals surface area contributed by atoms with Gasteiger partial charge in [-0.3, -0.25) is 4.79 Å². The van der Waals surface area contributed by atoms with Crippen molar-refractivity contribution in [1.82, 2.24) is 10.6 Å². The molecule has 1 fully saturated rings. The van der Waals surface area contributed by atoms with Crippen LogP contribution in [0.15, 0.2) is 24.3 Å². The van der Waals surface area contributed by atoms with Crippen molar-refractivity contribution < 1.29 is 58.2 Å². The van der Waals surface area contributed by atoms with E-state index in [-0.39, 0.29) is 18.6 Å². The zero-order valence-corrected chi connectivity index (χ0v) is 25.6. The summed E-state index contributed by atoms with van der Waals surface area (Å²) >= 11 is 0. The first-order valence-corrected chi connectivity index (χ1v) is 14.0. The first kappa shape index (κ1) is 35.7. The normalized spacial score (nSPS) is 23.0. The largest absolute Gasteiger partial charge is 0.514 e. The van der Waals surface area contributed by atoms with Gasteiger partial charge in [0.25, 0.3) is 0 Å². The lowest BCUT2D eigenvalue weighted by Gasteiger charge is -2.40. The second-order valence-corrected chi connectivity index (χ2v) is 12.1. The van der Waals surface area contributed by atoms with E-state index in [1.54, 1.807) is 60.6 Å². The number of aliphatic hydroxyl groups is 3. The van der Waals surface area contributed by atoms with Crippen molar-refractivity contribution in [2.45, 2.75) is 116 Å². The van der Waals surface area contributed by atoms with E-state index in [0.717, 1.165) is 0 Å². The number of benzene rings is 1. The van der Waals surface area contributed by atoms with Gasteiger partial charge in [-0.05, 0) is 65.7 Å². The van der Waals surface area contributed by atoms with Gasteiger partial charge in [0.15, 0.2) is 6.29 Å². The molecule has 0 radical (unpaired) electrons. The number of esters is 1. The highest BCUT2D eigenvalue weighted by atomic mass is 16.7. The minimum atomic E-state index is -1.68. The van der Waals surface area contributed by atoms with Gasteiger partial charge in [0, 0.05) is 12.8 Å². The maximum Gasteiger partial charge on any atom is 0.514 e. The summed E-state index contributed by atoms with van der Waals surface area (Å²) in [7, 11) is 0. The molecule has 1 unspecified atom stereocenters. The monoisotopic (exact) mass is 612 g/mol. The maximum atomic E-state index is 13.1. The predicted octanol–water partition coefficient (Wildman–Crippen LogP) is 1.70. The average Bonchev–Trinajstić information content (AvgIpc) is 2.86. The van der Waals surface area contributed by atoms with E-state index in [2.05, 4.69) is 10.6 Å². The summed E-state index contributed by atoms with van der Waals surface area (Å²) in [4.78, 5) is 49.4. The zero-order chi connectivity index (χ0) is 32.5. The Morgan fingerprint density at radius 1 is 0.930 bits per heavy atom. The molecular weight excluding hydrogens is 568 g/mol. The number of amides is 2. The molecule has 1 aromatic carbocycles. The molecule has 1 saturated heterocycles. The van der Waals surface area contributed by atoms with Gasteiger partial charge >= 0.3 is 18.2 Å². The summed E-state index contributed by atoms with van der Waals surface area (Å²) < 4.78 is 26.2. The Morgan fingerprint density at radius 2 is 1.53 bits per heavy atom. The Morgan fingerprint density at radius 3 is 2.09 bits per heavy atom. The number of carbonyl (C=O) groups is 4. The Balaban J connectivity index is 2.09. The molecule has 5 N–H and O–H groups in total. The molecule has 6 atom stereocenters. The number of carbonyl (C=O) groups excluding carboxylic acids is 4. The van der Waals surface area contributed by atoms with Crippen LogP contribution in [0.2, 0.25) is 0 Å². The van der Waals surface area contributed by atoms with Crippen LogP contribution in [0.4, 0.5) is 9.59 Å². The SMILES string of the molecule is CCCC(=O)N[C@H]1C(O)O[C@H](COC(=O)[C@H](Cc2ccc(OC(=O)OC(C)(C)C)cc2)NC(=O)OC(C)(C)C)[C@@H](O)[C@@H]1O. The molecule has 0 spiro atoms. The fourth-order valence-corrected chi connectivity index (χ4v) is 3.93. The Hall–Kier alpha value is -3.46. The van der Waals surface area contributed by atoms with Crippen LogP contribution in [0.3, 0.4) is 0 Å². The fourth-order valence-electron chi connectivity index (χ4n) is 3.93. The third-order valence-corrected chi connectivity index (χ3v) is 5.84. The minimum absolute atomic E-state index is 0.0599. The van der Waals surface area contributed by atoms with Crippen molar-refractivity contribution in [3.63, 3.8) is 0 Å². The van der Waals surface area contributed by atoms with Gasteiger partial charge in [-0.15, -0.1) is 0 Å². The molecule has 43 heavy (non-hydrogen) atoms. The molecule has 0 bridgehead atoms. The molecule has 2 rings (SSSR count). The lowest BCUT2D eigenvalue weighted by molar-refractivity contribution is -0.255. The number of hydrogen-bond acceptors (Lipinski definition) is 12. The van der Waals surface area contributed by atoms with Crippen LogP contribution in [0.25, 0.3) is 0 Å². The molecule has 14 heteroatoms. The lowest BCUT2D eigenvalue weighted by atomic mass is 9.97. The standard InChI is InChI=1S/C29H44N2O12/c1-8-9-20(32)31-21-23(34)22(33)19(41-25(21)36)15-39-24(35)18(30-26(37)42-28(2,3)4)14-16-10-12-17(13-11-16)40-27(38)43-29(5,6)7/h10-13,18-19,21-23,25,33-34,36H,8-9,14-15H2,1-7H3,(H,30,37)(H,31,32)/t18-,19+,21+,22+,23+,25?/m0/s1. The zero-order valence-electron chi connectivity index (χ0n) is 25.6. The van der Waals surface area contributed by atoms with Crippen LogP contribution in [-0.4, -0.2) is 93.9 Å². The number of nitrogens with one attached hydrogen (secondary N) is 2. The molecule has 1 heterocycles. The van der Waals surface area contributed by atoms with Crippen molar-refractivity contribution in [3.8, 4) is 5.75 Å². The van der Waals surface area contributed by atoms with Gasteiger partial charge in [-0.2, -0.15) is 0 Å². The lowest BCUT2D eigenvalue weighted by Crippen LogP contribution is -2.64. The number of rotatable bonds is 10. The maximum absolute atomic E-state index is 13.1. The molecular formula is C29H44N2O12. The van der Waals surface area contributed by atoms with E-state index in [1.165, 1.54) is 12.1 Å². The summed E-state index contributed by atoms with van der Waals surface area (Å²) in [5.41, 5.74) is -1.03. The van der Waals surface area contributed by atoms with Crippen molar-refractivity contribution in [2.75, 3.05) is 6.61 Å². The highest BCUT2D eigenvalue weighted by molar-refractivity contribution is 5.82. The third kappa shape index (κ3) is 12.4. The predicted molar refractivity (Wildman–Crippen MR) is 151 cm³/mol. The van der Waals surface area contributed by atoms with E-state index in [0.29, 0.717) is 12.0 Å². The Labute approximate surface area is 251 Å². The minimum Gasteiger partial charge on any atom is -0.461 e. The van der Waals surface area contributed by atoms with Crippen LogP contribution in [0, 0.1) is 0 Å². The summed E-state index contributed by atoms with van der Waals surface area (Å²) in [6.07, 6.45) is -7.37. The topological polar surface area (TPSA) is 199 Å². The third-order valence-electron chi connectivity index (χ3n) is 5.84. The van der Waals surface area contributed by atoms with Gasteiger partial charge in [0.05, 0.1) is 0 Å². The van der Waals surface area contributed by atoms with Crippen LogP contribution in [-0.2, 0) is 35.0 Å². The summed E-state index contributed by atoms with van der Waals surface area (Å²) in [5, 5.41) is 36.2. The summed E-state index contributed by atoms with van der Waals surface area (Å²) in [5.74, 6) is -1.16. The Bertz CT molecular complexity index is 1100. The van der Waals surface area contributed by atoms with Crippen LogP contribution in [0.1, 0.15) is 66.9 Å². The number of aliphatic hydroxyl groups excluding tert-OH is 3. The van der Waals surface area contributed by atoms with E-state index in [4.69, 9.17) is 23.7 Å². The molecule has 0 aliphatic carbocycles. The molecule has 14 nitrogen and oxygen atoms in total. The quantitative estimate of drug-likeness (QED) is 0.146. The van der Waals surface area contributed by atoms with Gasteiger partial charge in [-0.1, -0.05) is 19.1 Å². The van der Waals surface area contributed by atoms with E-state index >= 15 is 0 Å². The van der Waals surface area contributed by atoms with Crippen molar-refractivity contribution in [2.24, 2.45) is 0 Å². The Kier molecular flexibility index (Phi) is 12.7. The summed E-state index contributed by atoms with van der Waals surface area (Å²) in [6.45, 7) is 11.3. The van der Waals surface area contributed by atoms with Crippen molar-refractivity contribution in [3.05, 3.63) is 29.8 Å². The average molecular weight is 613 g/mol. The first-order chi connectivity index (χ1) is 19.9. The first-order valence-electron chi connectivity index (χ1n) is 14.0. The van der Waals surface area contributed by atoms with Gasteiger partial charge < -0.3 is 49.6 Å². The number of alkyl carbamates (subject to hydrolysis) is 1. The van der Waals surface area contributed by atoms with Gasteiger partial charge in [0.2, 0.25) is 5.91 Å². The van der Waals surface area contributed by atoms with E-state index in [9.17, 15) is 34.5 Å². The smallest absolute Gasteiger partial charge is 0.461 e. The number of ether oxygens (including phenoxy) is 5. The van der Waals surface area contributed by atoms with E-state index in [1.807, 2.05) is 0 Å². The van der Waals surface area contributed by atoms with Gasteiger partial charge in [0.1, 0.15) is 54.0 Å². The molecule has 242 valence electrons. The molecule has 0 saturated carbocycles. The fraction of sp³-hybridized carbons (Fsp3) is 0.655. The van der Waals surface area contributed by atoms with Crippen molar-refractivity contribution >= 4 is 24.1 Å². The summed E-state index contributed by atoms with van der Waals surface area (Å²) in [6, 6.07) is 3.57. The highest BCUT2D eigenvalue weighted by Gasteiger charge is 2.45. The molecule has 1 aromatic rings. The van der Waals surface area contributed by atoms with Crippen LogP contribution >= 0.6 is 0 Å². The highest BCUT2D eigenvalue weighted by Crippen LogP contribution is 2.22. The molecule has 0 aromatic heterocycles. The number of hydrogen-bond donors (Lipinski definition) is 5. The second-order valence-electron chi connectivity index (χ2n) is 12.1. The molecule has 2 amide bonds. The van der Waals surface area contributed by atoms with Gasteiger partial charge in [-0.25, -0.2) is 14.4 Å². The molecule has 1 aliphatic heterocycles.